The molecule has 0 bridgehead atoms. The molecule has 1 nitrogen and oxygen atoms in total. The summed E-state index contributed by atoms with van der Waals surface area (Å²) in [5.74, 6) is 0.583. The fourth-order valence-electron chi connectivity index (χ4n) is 0.733. The van der Waals surface area contributed by atoms with Crippen LogP contribution in [0.25, 0.3) is 0 Å². The molecule has 1 atom stereocenters. The van der Waals surface area contributed by atoms with E-state index >= 15 is 0 Å². The van der Waals surface area contributed by atoms with Gasteiger partial charge in [0.05, 0.1) is 15.6 Å². The van der Waals surface area contributed by atoms with Gasteiger partial charge in [0.25, 0.3) is 0 Å². The molecule has 0 aromatic heterocycles. The number of hydrogen-bond donors (Lipinski definition) is 0. The molecule has 0 heterocycles. The maximum absolute atomic E-state index is 10.9. The number of carbonyl (C=O) groups is 1. The standard InChI is InChI=1S/C7H5Cl2OP.C4H9.Li/c8-4-2-1-3-5(9)6(4)7(10)11;1-4(2)3;/h1-3H,11H2;4H,1H2,2-3H3;/q;-1;+1. The topological polar surface area (TPSA) is 17.1 Å². The molecule has 0 saturated carbocycles. The first-order valence-electron chi connectivity index (χ1n) is 4.43. The molecule has 0 radical (unpaired) electrons. The number of benzene rings is 1. The summed E-state index contributed by atoms with van der Waals surface area (Å²) in [6.07, 6.45) is 0. The SMILES string of the molecule is O=C(P)c1c(Cl)cccc1Cl.[CH2-]C(C)C.[Li+]. The van der Waals surface area contributed by atoms with E-state index in [9.17, 15) is 4.79 Å². The molecule has 0 aliphatic rings. The predicted octanol–water partition coefficient (Wildman–Crippen LogP) is 1.49. The van der Waals surface area contributed by atoms with Crippen LogP contribution >= 0.6 is 32.4 Å². The third-order valence-corrected chi connectivity index (χ3v) is 2.13. The molecule has 0 N–H and O–H groups in total. The number of halogens is 2. The Morgan fingerprint density at radius 2 is 1.62 bits per heavy atom. The van der Waals surface area contributed by atoms with Crippen LogP contribution in [0.15, 0.2) is 18.2 Å². The normalized spacial score (nSPS) is 8.94. The third-order valence-electron chi connectivity index (χ3n) is 1.21. The minimum atomic E-state index is -0.194. The summed E-state index contributed by atoms with van der Waals surface area (Å²) in [4.78, 5) is 10.9. The molecule has 5 heteroatoms. The average Bonchev–Trinajstić information content (AvgIpc) is 2.01. The molecule has 0 fully saturated rings. The van der Waals surface area contributed by atoms with Gasteiger partial charge in [-0.3, -0.25) is 4.79 Å². The van der Waals surface area contributed by atoms with Crippen molar-refractivity contribution in [2.45, 2.75) is 13.8 Å². The molecular formula is C11H14Cl2LiOP. The zero-order valence-electron chi connectivity index (χ0n) is 9.76. The van der Waals surface area contributed by atoms with Crippen LogP contribution in [0.2, 0.25) is 10.0 Å². The van der Waals surface area contributed by atoms with Gasteiger partial charge < -0.3 is 6.92 Å². The molecule has 1 unspecified atom stereocenters. The zero-order valence-corrected chi connectivity index (χ0v) is 12.4. The van der Waals surface area contributed by atoms with Gasteiger partial charge in [0.2, 0.25) is 0 Å². The van der Waals surface area contributed by atoms with Crippen molar-refractivity contribution in [3.05, 3.63) is 40.7 Å². The second-order valence-electron chi connectivity index (χ2n) is 3.35. The van der Waals surface area contributed by atoms with Crippen LogP contribution in [-0.4, -0.2) is 5.52 Å². The number of carbonyl (C=O) groups excluding carboxylic acids is 1. The van der Waals surface area contributed by atoms with Crippen molar-refractivity contribution in [2.24, 2.45) is 5.92 Å². The van der Waals surface area contributed by atoms with Crippen molar-refractivity contribution in [3.63, 3.8) is 0 Å². The van der Waals surface area contributed by atoms with Crippen LogP contribution < -0.4 is 18.9 Å². The summed E-state index contributed by atoms with van der Waals surface area (Å²) in [5, 5.41) is 0.773. The Morgan fingerprint density at radius 3 is 1.81 bits per heavy atom. The summed E-state index contributed by atoms with van der Waals surface area (Å²) < 4.78 is 0. The first kappa shape index (κ1) is 18.9. The van der Waals surface area contributed by atoms with Crippen molar-refractivity contribution in [3.8, 4) is 0 Å². The number of rotatable bonds is 1. The van der Waals surface area contributed by atoms with Gasteiger partial charge in [0.1, 0.15) is 0 Å². The minimum absolute atomic E-state index is 0. The van der Waals surface area contributed by atoms with Crippen LogP contribution in [0.1, 0.15) is 24.2 Å². The first-order chi connectivity index (χ1) is 6.86. The van der Waals surface area contributed by atoms with Crippen molar-refractivity contribution in [1.29, 1.82) is 0 Å². The second-order valence-corrected chi connectivity index (χ2v) is 4.69. The van der Waals surface area contributed by atoms with Gasteiger partial charge in [-0.05, 0) is 12.1 Å². The summed E-state index contributed by atoms with van der Waals surface area (Å²) in [7, 11) is 2.03. The van der Waals surface area contributed by atoms with E-state index in [1.165, 1.54) is 0 Å². The van der Waals surface area contributed by atoms with E-state index in [1.54, 1.807) is 18.2 Å². The molecule has 0 saturated heterocycles. The Kier molecular flexibility index (Phi) is 11.2. The maximum Gasteiger partial charge on any atom is 1.00 e. The van der Waals surface area contributed by atoms with Crippen molar-refractivity contribution >= 4 is 38.0 Å². The maximum atomic E-state index is 10.9. The smallest absolute Gasteiger partial charge is 0.341 e. The molecular weight excluding hydrogens is 257 g/mol. The Hall–Kier alpha value is 0.497. The molecule has 16 heavy (non-hydrogen) atoms. The van der Waals surface area contributed by atoms with Crippen LogP contribution in [0, 0.1) is 12.8 Å². The molecule has 84 valence electrons. The Morgan fingerprint density at radius 1 is 1.31 bits per heavy atom. The van der Waals surface area contributed by atoms with Gasteiger partial charge in [0, 0.05) is 0 Å². The quantitative estimate of drug-likeness (QED) is 0.429. The fourth-order valence-corrected chi connectivity index (χ4v) is 1.81. The molecule has 0 spiro atoms. The van der Waals surface area contributed by atoms with Crippen LogP contribution in [0.3, 0.4) is 0 Å². The van der Waals surface area contributed by atoms with Gasteiger partial charge >= 0.3 is 18.9 Å². The number of hydrogen-bond acceptors (Lipinski definition) is 1. The van der Waals surface area contributed by atoms with Crippen LogP contribution in [-0.2, 0) is 0 Å². The zero-order chi connectivity index (χ0) is 12.0. The van der Waals surface area contributed by atoms with E-state index in [-0.39, 0.29) is 24.4 Å². The largest absolute Gasteiger partial charge is 1.00 e. The third kappa shape index (κ3) is 7.72. The van der Waals surface area contributed by atoms with E-state index in [1.807, 2.05) is 9.24 Å². The van der Waals surface area contributed by atoms with Crippen LogP contribution in [0.5, 0.6) is 0 Å². The van der Waals surface area contributed by atoms with E-state index in [4.69, 9.17) is 23.2 Å². The molecule has 1 rings (SSSR count). The first-order valence-corrected chi connectivity index (χ1v) is 5.76. The van der Waals surface area contributed by atoms with Crippen molar-refractivity contribution < 1.29 is 23.7 Å². The van der Waals surface area contributed by atoms with Gasteiger partial charge in [-0.1, -0.05) is 52.4 Å². The minimum Gasteiger partial charge on any atom is -0.341 e. The van der Waals surface area contributed by atoms with E-state index in [0.29, 0.717) is 21.5 Å². The van der Waals surface area contributed by atoms with E-state index < -0.39 is 0 Å². The molecule has 0 aliphatic carbocycles. The van der Waals surface area contributed by atoms with E-state index in [0.717, 1.165) is 0 Å². The predicted molar refractivity (Wildman–Crippen MR) is 70.7 cm³/mol. The van der Waals surface area contributed by atoms with Gasteiger partial charge in [-0.2, -0.15) is 5.92 Å². The van der Waals surface area contributed by atoms with Crippen molar-refractivity contribution in [2.75, 3.05) is 0 Å². The summed E-state index contributed by atoms with van der Waals surface area (Å²) in [6, 6.07) is 4.96. The van der Waals surface area contributed by atoms with Gasteiger partial charge in [0.15, 0.2) is 5.52 Å². The Bertz CT molecular complexity index is 320. The van der Waals surface area contributed by atoms with E-state index in [2.05, 4.69) is 20.8 Å². The average molecular weight is 271 g/mol. The fraction of sp³-hybridized carbons (Fsp3) is 0.273. The van der Waals surface area contributed by atoms with Gasteiger partial charge in [-0.15, -0.1) is 0 Å². The Labute approximate surface area is 122 Å². The Balaban J connectivity index is 0. The molecule has 0 amide bonds. The summed E-state index contributed by atoms with van der Waals surface area (Å²) >= 11 is 11.4. The van der Waals surface area contributed by atoms with Crippen LogP contribution in [0.4, 0.5) is 0 Å². The molecule has 0 aliphatic heterocycles. The molecule has 1 aromatic rings. The summed E-state index contributed by atoms with van der Waals surface area (Å²) in [5.41, 5.74) is 0.168. The monoisotopic (exact) mass is 270 g/mol. The molecule has 1 aromatic carbocycles. The van der Waals surface area contributed by atoms with Gasteiger partial charge in [-0.25, -0.2) is 0 Å². The van der Waals surface area contributed by atoms with Crippen molar-refractivity contribution in [1.82, 2.24) is 0 Å². The second kappa shape index (κ2) is 9.52. The summed E-state index contributed by atoms with van der Waals surface area (Å²) in [6.45, 7) is 7.75.